The standard InChI is InChI=1S/C15H19N4O6P/c1-15(8-16)12-10(7-22-26(21,25-12)24-9-3-2-4-9)23-13(15)19-6-5-11(17)18-14(19)20/h5-6,9-10,12-13H,2-4,7H2,1H3,(H2,17,18,20). The topological polar surface area (TPSA) is 139 Å². The van der Waals surface area contributed by atoms with Gasteiger partial charge < -0.3 is 10.5 Å². The van der Waals surface area contributed by atoms with Crippen LogP contribution in [0.4, 0.5) is 5.82 Å². The normalized spacial score (nSPS) is 39.8. The van der Waals surface area contributed by atoms with Gasteiger partial charge in [-0.25, -0.2) is 9.36 Å². The Hall–Kier alpha value is -1.76. The maximum Gasteiger partial charge on any atom is 0.475 e. The number of phosphoric ester groups is 1. The van der Waals surface area contributed by atoms with Gasteiger partial charge in [-0.05, 0) is 32.3 Å². The second kappa shape index (κ2) is 6.15. The number of phosphoric acid groups is 1. The summed E-state index contributed by atoms with van der Waals surface area (Å²) in [4.78, 5) is 15.9. The van der Waals surface area contributed by atoms with Crippen LogP contribution in [0.15, 0.2) is 17.1 Å². The molecule has 1 aromatic rings. The van der Waals surface area contributed by atoms with Crippen molar-refractivity contribution in [3.63, 3.8) is 0 Å². The van der Waals surface area contributed by atoms with E-state index in [0.717, 1.165) is 19.3 Å². The van der Waals surface area contributed by atoms with Crippen LogP contribution in [0.5, 0.6) is 0 Å². The van der Waals surface area contributed by atoms with Crippen LogP contribution in [0.3, 0.4) is 0 Å². The Morgan fingerprint density at radius 2 is 2.31 bits per heavy atom. The molecule has 2 N–H and O–H groups in total. The first-order valence-corrected chi connectivity index (χ1v) is 9.83. The van der Waals surface area contributed by atoms with Gasteiger partial charge in [0.1, 0.15) is 23.4 Å². The number of nitrogens with zero attached hydrogens (tertiary/aromatic N) is 3. The summed E-state index contributed by atoms with van der Waals surface area (Å²) in [5.74, 6) is 0.0679. The van der Waals surface area contributed by atoms with Gasteiger partial charge in [0.15, 0.2) is 6.23 Å². The van der Waals surface area contributed by atoms with Crippen LogP contribution >= 0.6 is 7.82 Å². The molecular weight excluding hydrogens is 363 g/mol. The Bertz CT molecular complexity index is 864. The fraction of sp³-hybridized carbons (Fsp3) is 0.667. The quantitative estimate of drug-likeness (QED) is 0.767. The summed E-state index contributed by atoms with van der Waals surface area (Å²) in [5, 5.41) is 9.81. The first-order valence-electron chi connectivity index (χ1n) is 8.37. The zero-order chi connectivity index (χ0) is 18.5. The lowest BCUT2D eigenvalue weighted by molar-refractivity contribution is -0.0799. The van der Waals surface area contributed by atoms with Crippen molar-refractivity contribution in [2.24, 2.45) is 5.41 Å². The van der Waals surface area contributed by atoms with Crippen molar-refractivity contribution >= 4 is 13.6 Å². The highest BCUT2D eigenvalue weighted by Crippen LogP contribution is 2.62. The third kappa shape index (κ3) is 2.76. The molecule has 1 saturated carbocycles. The number of fused-ring (bicyclic) bond motifs is 1. The predicted molar refractivity (Wildman–Crippen MR) is 87.7 cm³/mol. The van der Waals surface area contributed by atoms with E-state index in [2.05, 4.69) is 11.1 Å². The smallest absolute Gasteiger partial charge is 0.383 e. The molecule has 2 aliphatic heterocycles. The molecule has 0 spiro atoms. The molecule has 1 aromatic heterocycles. The molecule has 140 valence electrons. The summed E-state index contributed by atoms with van der Waals surface area (Å²) in [5.41, 5.74) is 3.57. The Labute approximate surface area is 149 Å². The highest BCUT2D eigenvalue weighted by atomic mass is 31.2. The van der Waals surface area contributed by atoms with E-state index in [1.165, 1.54) is 16.8 Å². The first kappa shape index (κ1) is 17.6. The number of rotatable bonds is 3. The summed E-state index contributed by atoms with van der Waals surface area (Å²) in [6, 6.07) is 3.59. The lowest BCUT2D eigenvalue weighted by atomic mass is 9.84. The van der Waals surface area contributed by atoms with Gasteiger partial charge >= 0.3 is 13.5 Å². The number of nitrogens with two attached hydrogens (primary N) is 1. The third-order valence-corrected chi connectivity index (χ3v) is 6.57. The monoisotopic (exact) mass is 382 g/mol. The lowest BCUT2D eigenvalue weighted by Gasteiger charge is -2.37. The Kier molecular flexibility index (Phi) is 4.17. The van der Waals surface area contributed by atoms with Crippen molar-refractivity contribution in [3.05, 3.63) is 22.7 Å². The molecule has 3 aliphatic rings. The molecule has 10 nitrogen and oxygen atoms in total. The van der Waals surface area contributed by atoms with Crippen molar-refractivity contribution < 1.29 is 22.9 Å². The number of nitriles is 1. The Morgan fingerprint density at radius 1 is 1.54 bits per heavy atom. The number of aromatic nitrogens is 2. The number of ether oxygens (including phenoxy) is 1. The molecule has 11 heteroatoms. The maximum absolute atomic E-state index is 12.8. The van der Waals surface area contributed by atoms with Gasteiger partial charge in [0.05, 0.1) is 18.8 Å². The number of hydrogen-bond acceptors (Lipinski definition) is 9. The van der Waals surface area contributed by atoms with Crippen LogP contribution in [0, 0.1) is 16.7 Å². The first-order chi connectivity index (χ1) is 12.3. The molecule has 0 radical (unpaired) electrons. The zero-order valence-electron chi connectivity index (χ0n) is 14.1. The van der Waals surface area contributed by atoms with Gasteiger partial charge in [-0.2, -0.15) is 10.2 Å². The highest BCUT2D eigenvalue weighted by molar-refractivity contribution is 7.48. The maximum atomic E-state index is 12.8. The minimum atomic E-state index is -3.79. The summed E-state index contributed by atoms with van der Waals surface area (Å²) in [7, 11) is -3.79. The number of hydrogen-bond donors (Lipinski definition) is 1. The fourth-order valence-electron chi connectivity index (χ4n) is 3.33. The van der Waals surface area contributed by atoms with Crippen LogP contribution in [-0.4, -0.2) is 34.5 Å². The van der Waals surface area contributed by atoms with Gasteiger partial charge in [-0.3, -0.25) is 18.1 Å². The van der Waals surface area contributed by atoms with E-state index in [0.29, 0.717) is 0 Å². The van der Waals surface area contributed by atoms with Crippen molar-refractivity contribution in [1.82, 2.24) is 9.55 Å². The summed E-state index contributed by atoms with van der Waals surface area (Å²) < 4.78 is 36.3. The van der Waals surface area contributed by atoms with Gasteiger partial charge in [-0.1, -0.05) is 0 Å². The third-order valence-electron chi connectivity index (χ3n) is 5.06. The van der Waals surface area contributed by atoms with E-state index in [1.54, 1.807) is 6.92 Å². The number of nitrogen functional groups attached to an aromatic ring is 1. The van der Waals surface area contributed by atoms with Crippen molar-refractivity contribution in [2.75, 3.05) is 12.3 Å². The van der Waals surface area contributed by atoms with E-state index in [-0.39, 0.29) is 18.5 Å². The van der Waals surface area contributed by atoms with E-state index < -0.39 is 37.4 Å². The molecule has 4 rings (SSSR count). The number of anilines is 1. The summed E-state index contributed by atoms with van der Waals surface area (Å²) in [6.45, 7) is 1.53. The Morgan fingerprint density at radius 3 is 2.92 bits per heavy atom. The molecule has 3 fully saturated rings. The second-order valence-corrected chi connectivity index (χ2v) is 8.47. The fourth-order valence-corrected chi connectivity index (χ4v) is 5.04. The van der Waals surface area contributed by atoms with Crippen LogP contribution in [0.25, 0.3) is 0 Å². The molecule has 0 bridgehead atoms. The van der Waals surface area contributed by atoms with Gasteiger partial charge in [-0.15, -0.1) is 0 Å². The van der Waals surface area contributed by atoms with E-state index in [4.69, 9.17) is 24.0 Å². The second-order valence-electron chi connectivity index (χ2n) is 6.89. The van der Waals surface area contributed by atoms with Crippen LogP contribution in [0.2, 0.25) is 0 Å². The SMILES string of the molecule is CC1(C#N)C2OP(=O)(OC3CCC3)OCC2OC1n1ccc(N)nc1=O. The molecule has 1 aliphatic carbocycles. The van der Waals surface area contributed by atoms with Gasteiger partial charge in [0, 0.05) is 6.20 Å². The Balaban J connectivity index is 1.64. The molecule has 5 unspecified atom stereocenters. The molecular formula is C15H19N4O6P. The minimum Gasteiger partial charge on any atom is -0.383 e. The van der Waals surface area contributed by atoms with Gasteiger partial charge in [0.2, 0.25) is 0 Å². The van der Waals surface area contributed by atoms with E-state index in [1.807, 2.05) is 0 Å². The van der Waals surface area contributed by atoms with Crippen LogP contribution in [0.1, 0.15) is 32.4 Å². The average Bonchev–Trinajstić information content (AvgIpc) is 2.84. The summed E-state index contributed by atoms with van der Waals surface area (Å²) >= 11 is 0. The average molecular weight is 382 g/mol. The molecule has 5 atom stereocenters. The van der Waals surface area contributed by atoms with Crippen LogP contribution in [-0.2, 0) is 22.9 Å². The largest absolute Gasteiger partial charge is 0.475 e. The van der Waals surface area contributed by atoms with E-state index in [9.17, 15) is 14.6 Å². The van der Waals surface area contributed by atoms with Crippen molar-refractivity contribution in [3.8, 4) is 6.07 Å². The molecule has 2 saturated heterocycles. The zero-order valence-corrected chi connectivity index (χ0v) is 15.0. The highest BCUT2D eigenvalue weighted by Gasteiger charge is 2.61. The van der Waals surface area contributed by atoms with E-state index >= 15 is 0 Å². The predicted octanol–water partition coefficient (Wildman–Crippen LogP) is 1.35. The lowest BCUT2D eigenvalue weighted by Crippen LogP contribution is -2.43. The summed E-state index contributed by atoms with van der Waals surface area (Å²) in [6.07, 6.45) is 1.33. The molecule has 26 heavy (non-hydrogen) atoms. The van der Waals surface area contributed by atoms with Crippen molar-refractivity contribution in [2.45, 2.75) is 50.7 Å². The van der Waals surface area contributed by atoms with Crippen molar-refractivity contribution in [1.29, 1.82) is 5.26 Å². The van der Waals surface area contributed by atoms with Gasteiger partial charge in [0.25, 0.3) is 0 Å². The minimum absolute atomic E-state index is 0.0560. The molecule has 3 heterocycles. The van der Waals surface area contributed by atoms with Crippen LogP contribution < -0.4 is 11.4 Å². The molecule has 0 aromatic carbocycles. The molecule has 0 amide bonds.